The number of rotatable bonds is 5. The number of piperidine rings is 1. The molecule has 0 saturated carbocycles. The summed E-state index contributed by atoms with van der Waals surface area (Å²) >= 11 is 0. The second-order valence-corrected chi connectivity index (χ2v) is 7.54. The number of carbonyl (C=O) groups is 1. The summed E-state index contributed by atoms with van der Waals surface area (Å²) in [6, 6.07) is 2.62. The first-order valence-electron chi connectivity index (χ1n) is 7.25. The normalized spacial score (nSPS) is 20.0. The zero-order chi connectivity index (χ0) is 16.3. The van der Waals surface area contributed by atoms with Crippen LogP contribution in [0.25, 0.3) is 0 Å². The summed E-state index contributed by atoms with van der Waals surface area (Å²) in [5.41, 5.74) is -1.04. The Morgan fingerprint density at radius 3 is 2.77 bits per heavy atom. The van der Waals surface area contributed by atoms with E-state index in [1.807, 2.05) is 6.92 Å². The van der Waals surface area contributed by atoms with Crippen molar-refractivity contribution in [3.63, 3.8) is 0 Å². The maximum absolute atomic E-state index is 12.4. The fraction of sp³-hybridized carbons (Fsp3) is 0.571. The molecule has 8 heteroatoms. The average Bonchev–Trinajstić information content (AvgIpc) is 2.46. The number of hydrogen-bond acceptors (Lipinski definition) is 4. The van der Waals surface area contributed by atoms with Crippen LogP contribution >= 0.6 is 0 Å². The number of carboxylic acid groups (broad SMARTS) is 1. The summed E-state index contributed by atoms with van der Waals surface area (Å²) in [6.07, 6.45) is 4.11. The van der Waals surface area contributed by atoms with Gasteiger partial charge in [0.15, 0.2) is 0 Å². The van der Waals surface area contributed by atoms with Gasteiger partial charge in [-0.1, -0.05) is 6.42 Å². The van der Waals surface area contributed by atoms with Gasteiger partial charge in [-0.2, -0.15) is 4.31 Å². The molecule has 1 aliphatic heterocycles. The number of pyridine rings is 1. The van der Waals surface area contributed by atoms with Crippen LogP contribution in [-0.4, -0.2) is 46.7 Å². The molecule has 0 aromatic carbocycles. The molecule has 2 heterocycles. The van der Waals surface area contributed by atoms with Crippen LogP contribution in [0, 0.1) is 0 Å². The van der Waals surface area contributed by atoms with Crippen LogP contribution in [-0.2, 0) is 16.6 Å². The van der Waals surface area contributed by atoms with Crippen molar-refractivity contribution in [1.29, 1.82) is 0 Å². The highest BCUT2D eigenvalue weighted by atomic mass is 32.2. The number of aromatic carboxylic acids is 1. The Bertz CT molecular complexity index is 710. The first-order chi connectivity index (χ1) is 10.3. The topological polar surface area (TPSA) is 96.7 Å². The summed E-state index contributed by atoms with van der Waals surface area (Å²) in [5, 5.41) is 8.92. The van der Waals surface area contributed by atoms with Gasteiger partial charge in [0.05, 0.1) is 5.75 Å². The van der Waals surface area contributed by atoms with Crippen LogP contribution < -0.4 is 5.56 Å². The minimum atomic E-state index is -3.45. The highest BCUT2D eigenvalue weighted by molar-refractivity contribution is 7.89. The summed E-state index contributed by atoms with van der Waals surface area (Å²) in [4.78, 5) is 22.9. The second kappa shape index (κ2) is 6.62. The van der Waals surface area contributed by atoms with Gasteiger partial charge in [-0.05, 0) is 31.9 Å². The largest absolute Gasteiger partial charge is 0.477 e. The molecule has 1 fully saturated rings. The first-order valence-corrected chi connectivity index (χ1v) is 8.86. The lowest BCUT2D eigenvalue weighted by Gasteiger charge is -2.32. The van der Waals surface area contributed by atoms with Gasteiger partial charge in [0.2, 0.25) is 10.0 Å². The Kier molecular flexibility index (Phi) is 5.02. The zero-order valence-corrected chi connectivity index (χ0v) is 13.3. The number of nitrogens with zero attached hydrogens (tertiary/aromatic N) is 2. The van der Waals surface area contributed by atoms with Crippen molar-refractivity contribution in [3.05, 3.63) is 34.2 Å². The lowest BCUT2D eigenvalue weighted by Crippen LogP contribution is -2.44. The third kappa shape index (κ3) is 3.56. The molecule has 122 valence electrons. The van der Waals surface area contributed by atoms with E-state index >= 15 is 0 Å². The molecular formula is C14H20N2O5S. The van der Waals surface area contributed by atoms with Crippen molar-refractivity contribution >= 4 is 16.0 Å². The van der Waals surface area contributed by atoms with Gasteiger partial charge in [-0.25, -0.2) is 13.2 Å². The highest BCUT2D eigenvalue weighted by Crippen LogP contribution is 2.20. The molecule has 1 aliphatic rings. The van der Waals surface area contributed by atoms with Crippen molar-refractivity contribution in [2.45, 2.75) is 38.8 Å². The second-order valence-electron chi connectivity index (χ2n) is 5.50. The Labute approximate surface area is 129 Å². The number of carboxylic acids is 1. The summed E-state index contributed by atoms with van der Waals surface area (Å²) in [6.45, 7) is 2.34. The van der Waals surface area contributed by atoms with E-state index in [2.05, 4.69) is 0 Å². The quantitative estimate of drug-likeness (QED) is 0.860. The van der Waals surface area contributed by atoms with Crippen LogP contribution in [0.2, 0.25) is 0 Å². The van der Waals surface area contributed by atoms with E-state index in [1.54, 1.807) is 0 Å². The predicted molar refractivity (Wildman–Crippen MR) is 81.5 cm³/mol. The van der Waals surface area contributed by atoms with Crippen molar-refractivity contribution in [3.8, 4) is 0 Å². The van der Waals surface area contributed by atoms with Crippen molar-refractivity contribution in [2.24, 2.45) is 0 Å². The standard InChI is InChI=1S/C14H20N2O5S/c1-11-5-2-3-8-16(11)22(20,21)10-9-15-7-4-6-12(13(15)17)14(18)19/h4,6-7,11H,2-3,5,8-10H2,1H3,(H,18,19)/t11-/m1/s1. The SMILES string of the molecule is C[C@@H]1CCCCN1S(=O)(=O)CCn1cccc(C(=O)O)c1=O. The molecule has 2 rings (SSSR count). The Balaban J connectivity index is 2.14. The van der Waals surface area contributed by atoms with Crippen LogP contribution in [0.3, 0.4) is 0 Å². The van der Waals surface area contributed by atoms with E-state index in [-0.39, 0.29) is 23.9 Å². The van der Waals surface area contributed by atoms with Gasteiger partial charge in [-0.15, -0.1) is 0 Å². The number of aryl methyl sites for hydroxylation is 1. The number of hydrogen-bond donors (Lipinski definition) is 1. The average molecular weight is 328 g/mol. The summed E-state index contributed by atoms with van der Waals surface area (Å²) < 4.78 is 27.4. The molecule has 0 amide bonds. The summed E-state index contributed by atoms with van der Waals surface area (Å²) in [5.74, 6) is -1.52. The summed E-state index contributed by atoms with van der Waals surface area (Å²) in [7, 11) is -3.45. The van der Waals surface area contributed by atoms with Gasteiger partial charge < -0.3 is 9.67 Å². The van der Waals surface area contributed by atoms with Crippen molar-refractivity contribution in [2.75, 3.05) is 12.3 Å². The molecule has 22 heavy (non-hydrogen) atoms. The molecule has 1 aromatic heterocycles. The van der Waals surface area contributed by atoms with E-state index in [0.717, 1.165) is 23.8 Å². The van der Waals surface area contributed by atoms with E-state index in [9.17, 15) is 18.0 Å². The van der Waals surface area contributed by atoms with E-state index < -0.39 is 21.6 Å². The maximum atomic E-state index is 12.4. The molecule has 1 saturated heterocycles. The Morgan fingerprint density at radius 2 is 2.14 bits per heavy atom. The maximum Gasteiger partial charge on any atom is 0.341 e. The number of aromatic nitrogens is 1. The van der Waals surface area contributed by atoms with E-state index in [0.29, 0.717) is 6.54 Å². The molecule has 0 spiro atoms. The molecule has 0 radical (unpaired) electrons. The van der Waals surface area contributed by atoms with Gasteiger partial charge in [0.1, 0.15) is 5.56 Å². The molecular weight excluding hydrogens is 308 g/mol. The van der Waals surface area contributed by atoms with E-state index in [4.69, 9.17) is 5.11 Å². The fourth-order valence-corrected chi connectivity index (χ4v) is 4.41. The number of sulfonamides is 1. The lowest BCUT2D eigenvalue weighted by molar-refractivity contribution is 0.0694. The zero-order valence-electron chi connectivity index (χ0n) is 12.4. The van der Waals surface area contributed by atoms with Gasteiger partial charge >= 0.3 is 5.97 Å². The molecule has 1 aromatic rings. The smallest absolute Gasteiger partial charge is 0.341 e. The van der Waals surface area contributed by atoms with Crippen LogP contribution in [0.15, 0.2) is 23.1 Å². The molecule has 0 bridgehead atoms. The van der Waals surface area contributed by atoms with Crippen molar-refractivity contribution < 1.29 is 18.3 Å². The minimum Gasteiger partial charge on any atom is -0.477 e. The minimum absolute atomic E-state index is 0.0270. The first kappa shape index (κ1) is 16.7. The molecule has 7 nitrogen and oxygen atoms in total. The predicted octanol–water partition coefficient (Wildman–Crippen LogP) is 0.751. The van der Waals surface area contributed by atoms with Gasteiger partial charge in [-0.3, -0.25) is 4.79 Å². The Hall–Kier alpha value is -1.67. The van der Waals surface area contributed by atoms with Gasteiger partial charge in [0.25, 0.3) is 5.56 Å². The van der Waals surface area contributed by atoms with Crippen LogP contribution in [0.5, 0.6) is 0 Å². The monoisotopic (exact) mass is 328 g/mol. The highest BCUT2D eigenvalue weighted by Gasteiger charge is 2.29. The van der Waals surface area contributed by atoms with Crippen LogP contribution in [0.1, 0.15) is 36.5 Å². The lowest BCUT2D eigenvalue weighted by atomic mass is 10.1. The molecule has 1 atom stereocenters. The fourth-order valence-electron chi connectivity index (χ4n) is 2.69. The third-order valence-electron chi connectivity index (χ3n) is 3.94. The van der Waals surface area contributed by atoms with E-state index in [1.165, 1.54) is 22.6 Å². The van der Waals surface area contributed by atoms with Gasteiger partial charge in [0, 0.05) is 25.3 Å². The van der Waals surface area contributed by atoms with Crippen molar-refractivity contribution in [1.82, 2.24) is 8.87 Å². The third-order valence-corrected chi connectivity index (χ3v) is 5.90. The molecule has 1 N–H and O–H groups in total. The molecule has 0 aliphatic carbocycles. The van der Waals surface area contributed by atoms with Crippen LogP contribution in [0.4, 0.5) is 0 Å². The Morgan fingerprint density at radius 1 is 1.41 bits per heavy atom. The molecule has 0 unspecified atom stereocenters.